The maximum Gasteiger partial charge on any atom is 0.877 e. The summed E-state index contributed by atoms with van der Waals surface area (Å²) in [5, 5.41) is 0. The summed E-state index contributed by atoms with van der Waals surface area (Å²) in [5.74, 6) is 0. The normalized spacial score (nSPS) is 30.8. The molecule has 1 atom stereocenters. The number of nitrogens with zero attached hydrogens (tertiary/aromatic N) is 2. The zero-order chi connectivity index (χ0) is 17.9. The van der Waals surface area contributed by atoms with E-state index in [0.717, 1.165) is 34.6 Å². The minimum atomic E-state index is -2.55. The fraction of sp³-hybridized carbons (Fsp3) is 1.00. The third-order valence-corrected chi connectivity index (χ3v) is 12.6. The number of hydrogen-bond acceptors (Lipinski definition) is 2. The van der Waals surface area contributed by atoms with Crippen LogP contribution in [-0.2, 0) is 8.85 Å². The van der Waals surface area contributed by atoms with Crippen LogP contribution in [0.4, 0.5) is 0 Å². The second-order valence-corrected chi connectivity index (χ2v) is 13.2. The Balaban J connectivity index is 2.80. The summed E-state index contributed by atoms with van der Waals surface area (Å²) in [7, 11) is -2.55. The van der Waals surface area contributed by atoms with Gasteiger partial charge in [0.1, 0.15) is 0 Å². The van der Waals surface area contributed by atoms with E-state index in [1.165, 1.54) is 0 Å². The van der Waals surface area contributed by atoms with Gasteiger partial charge in [0.05, 0.1) is 49.5 Å². The fourth-order valence-corrected chi connectivity index (χ4v) is 12.1. The van der Waals surface area contributed by atoms with Crippen LogP contribution in [0.5, 0.6) is 0 Å². The van der Waals surface area contributed by atoms with E-state index >= 15 is 0 Å². The van der Waals surface area contributed by atoms with E-state index in [4.69, 9.17) is 8.85 Å². The van der Waals surface area contributed by atoms with E-state index in [0.29, 0.717) is 12.1 Å². The summed E-state index contributed by atoms with van der Waals surface area (Å²) >= 11 is 0. The van der Waals surface area contributed by atoms with E-state index < -0.39 is 8.88 Å². The Hall–Kier alpha value is 0.0569. The molecule has 2 fully saturated rings. The molecule has 0 amide bonds. The lowest BCUT2D eigenvalue weighted by Crippen LogP contribution is -2.90. The van der Waals surface area contributed by atoms with E-state index in [-0.39, 0.29) is 11.1 Å². The Morgan fingerprint density at radius 3 is 1.48 bits per heavy atom. The van der Waals surface area contributed by atoms with Gasteiger partial charge in [0.15, 0.2) is 0 Å². The van der Waals surface area contributed by atoms with Gasteiger partial charge in [-0.05, 0) is 69.2 Å². The first-order valence-electron chi connectivity index (χ1n) is 9.34. The fourth-order valence-electron chi connectivity index (χ4n) is 6.04. The van der Waals surface area contributed by atoms with Crippen LogP contribution in [0.3, 0.4) is 0 Å². The summed E-state index contributed by atoms with van der Waals surface area (Å²) in [6.45, 7) is 27.6. The molecule has 0 aromatic carbocycles. The second-order valence-electron chi connectivity index (χ2n) is 9.96. The van der Waals surface area contributed by atoms with Gasteiger partial charge in [-0.25, -0.2) is 0 Å². The van der Waals surface area contributed by atoms with Crippen LogP contribution in [0.15, 0.2) is 0 Å². The monoisotopic (exact) mass is 344 g/mol. The van der Waals surface area contributed by atoms with Crippen LogP contribution >= 0.6 is 0 Å². The first-order valence-corrected chi connectivity index (χ1v) is 11.0. The largest absolute Gasteiger partial charge is 0.877 e. The molecule has 136 valence electrons. The van der Waals surface area contributed by atoms with E-state index in [9.17, 15) is 0 Å². The van der Waals surface area contributed by atoms with E-state index in [1.807, 2.05) is 0 Å². The molecule has 2 heterocycles. The van der Waals surface area contributed by atoms with Crippen molar-refractivity contribution in [2.45, 2.75) is 92.4 Å². The van der Waals surface area contributed by atoms with Gasteiger partial charge in [-0.1, -0.05) is 0 Å². The van der Waals surface area contributed by atoms with Gasteiger partial charge in [-0.2, -0.15) is 0 Å². The lowest BCUT2D eigenvalue weighted by atomic mass is 9.96. The average Bonchev–Trinajstić information content (AvgIpc) is 2.91. The van der Waals surface area contributed by atoms with Crippen molar-refractivity contribution in [1.82, 2.24) is 0 Å². The van der Waals surface area contributed by atoms with E-state index in [2.05, 4.69) is 69.2 Å². The third-order valence-electron chi connectivity index (χ3n) is 6.61. The van der Waals surface area contributed by atoms with Crippen molar-refractivity contribution in [3.63, 3.8) is 0 Å². The predicted molar refractivity (Wildman–Crippen MR) is 97.7 cm³/mol. The highest BCUT2D eigenvalue weighted by molar-refractivity contribution is 6.53. The molecule has 1 unspecified atom stereocenters. The summed E-state index contributed by atoms with van der Waals surface area (Å²) in [5.41, 5.74) is 0.192. The molecule has 2 rings (SSSR count). The Labute approximate surface area is 145 Å². The topological polar surface area (TPSA) is 18.5 Å². The van der Waals surface area contributed by atoms with Crippen LogP contribution in [0, 0.1) is 0 Å². The summed E-state index contributed by atoms with van der Waals surface area (Å²) in [4.78, 5) is 0. The summed E-state index contributed by atoms with van der Waals surface area (Å²) < 4.78 is 15.6. The molecule has 5 heteroatoms. The average molecular weight is 345 g/mol. The van der Waals surface area contributed by atoms with Gasteiger partial charge >= 0.3 is 8.88 Å². The molecule has 0 bridgehead atoms. The molecule has 0 saturated carbocycles. The van der Waals surface area contributed by atoms with Crippen molar-refractivity contribution >= 4 is 8.88 Å². The predicted octanol–water partition coefficient (Wildman–Crippen LogP) is 3.53. The molecule has 0 aromatic heterocycles. The highest BCUT2D eigenvalue weighted by atomic mass is 28.4. The number of rotatable bonds is 2. The van der Waals surface area contributed by atoms with Gasteiger partial charge in [0.2, 0.25) is 0 Å². The molecule has 2 aliphatic rings. The molecule has 0 radical (unpaired) electrons. The zero-order valence-corrected chi connectivity index (χ0v) is 18.2. The lowest BCUT2D eigenvalue weighted by Gasteiger charge is -2.61. The molecule has 4 nitrogen and oxygen atoms in total. The molecule has 2 saturated heterocycles. The number of quaternary nitrogens is 2. The maximum atomic E-state index is 6.77. The zero-order valence-electron chi connectivity index (χ0n) is 17.2. The van der Waals surface area contributed by atoms with Crippen LogP contribution in [0.1, 0.15) is 69.2 Å². The Morgan fingerprint density at radius 2 is 1.13 bits per heavy atom. The molecular weight excluding hydrogens is 304 g/mol. The minimum absolute atomic E-state index is 0.0958. The van der Waals surface area contributed by atoms with Crippen molar-refractivity contribution in [2.75, 3.05) is 26.3 Å². The van der Waals surface area contributed by atoms with Crippen LogP contribution in [0.2, 0.25) is 0 Å². The highest BCUT2D eigenvalue weighted by Gasteiger charge is 2.90. The molecular formula is C18H40N2O2Si+2. The second kappa shape index (κ2) is 5.53. The van der Waals surface area contributed by atoms with Gasteiger partial charge in [-0.3, -0.25) is 17.1 Å². The quantitative estimate of drug-likeness (QED) is 0.714. The van der Waals surface area contributed by atoms with Crippen LogP contribution < -0.4 is 0 Å². The molecule has 2 aliphatic heterocycles. The molecule has 23 heavy (non-hydrogen) atoms. The Bertz CT molecular complexity index is 425. The highest BCUT2D eigenvalue weighted by Crippen LogP contribution is 2.53. The van der Waals surface area contributed by atoms with Crippen LogP contribution in [0.25, 0.3) is 0 Å². The maximum absolute atomic E-state index is 6.77. The minimum Gasteiger partial charge on any atom is -0.292 e. The Morgan fingerprint density at radius 1 is 0.739 bits per heavy atom. The lowest BCUT2D eigenvalue weighted by molar-refractivity contribution is -1.01. The van der Waals surface area contributed by atoms with Crippen LogP contribution in [-0.4, -0.2) is 66.6 Å². The molecule has 0 N–H and O–H groups in total. The summed E-state index contributed by atoms with van der Waals surface area (Å²) in [6, 6.07) is 1.04. The SMILES string of the molecule is CC(C)[N+]1(C(C)C)CCO[Si]12OCC[N+]2(C(C)(C)C)C(C)(C)C. The molecule has 0 aliphatic carbocycles. The van der Waals surface area contributed by atoms with Crippen molar-refractivity contribution in [1.29, 1.82) is 0 Å². The molecule has 1 spiro atoms. The third kappa shape index (κ3) is 2.16. The van der Waals surface area contributed by atoms with Crippen molar-refractivity contribution < 1.29 is 17.1 Å². The van der Waals surface area contributed by atoms with Gasteiger partial charge < -0.3 is 0 Å². The van der Waals surface area contributed by atoms with Crippen molar-refractivity contribution in [2.24, 2.45) is 0 Å². The first kappa shape index (κ1) is 19.4. The smallest absolute Gasteiger partial charge is 0.292 e. The number of hydrogen-bond donors (Lipinski definition) is 0. The standard InChI is InChI=1S/C18H40N2O2Si/c1-15(2)19(16(3)4)11-13-21-23(19)20(12-14-22-23,17(5,6)7)18(8,9)10/h15-16H,11-14H2,1-10H3/q+2. The Kier molecular flexibility index (Phi) is 4.66. The van der Waals surface area contributed by atoms with Gasteiger partial charge in [-0.15, -0.1) is 0 Å². The van der Waals surface area contributed by atoms with Gasteiger partial charge in [0, 0.05) is 0 Å². The van der Waals surface area contributed by atoms with Crippen molar-refractivity contribution in [3.8, 4) is 0 Å². The van der Waals surface area contributed by atoms with Gasteiger partial charge in [0.25, 0.3) is 0 Å². The molecule has 0 aromatic rings. The first-order chi connectivity index (χ1) is 10.3. The summed E-state index contributed by atoms with van der Waals surface area (Å²) in [6.07, 6.45) is 0. The van der Waals surface area contributed by atoms with Crippen molar-refractivity contribution in [3.05, 3.63) is 0 Å². The van der Waals surface area contributed by atoms with E-state index in [1.54, 1.807) is 0 Å².